The summed E-state index contributed by atoms with van der Waals surface area (Å²) in [7, 11) is 0. The molecule has 1 saturated heterocycles. The Morgan fingerprint density at radius 1 is 1.18 bits per heavy atom. The molecular formula is C15H16N2O4S. The number of rotatable bonds is 4. The van der Waals surface area contributed by atoms with Crippen LogP contribution in [-0.2, 0) is 4.74 Å². The summed E-state index contributed by atoms with van der Waals surface area (Å²) in [5.74, 6) is 2.73. The van der Waals surface area contributed by atoms with E-state index in [4.69, 9.17) is 18.6 Å². The number of nitrogens with zero attached hydrogens (tertiary/aromatic N) is 2. The molecule has 2 aliphatic heterocycles. The molecule has 3 heterocycles. The Labute approximate surface area is 132 Å². The third-order valence-electron chi connectivity index (χ3n) is 3.62. The number of benzene rings is 1. The lowest BCUT2D eigenvalue weighted by molar-refractivity contribution is 0.0686. The van der Waals surface area contributed by atoms with Gasteiger partial charge in [0.25, 0.3) is 11.1 Å². The predicted molar refractivity (Wildman–Crippen MR) is 79.3 cm³/mol. The van der Waals surface area contributed by atoms with Crippen LogP contribution in [0.5, 0.6) is 11.5 Å². The van der Waals surface area contributed by atoms with Gasteiger partial charge in [0, 0.05) is 12.4 Å². The minimum Gasteiger partial charge on any atom is -0.485 e. The van der Waals surface area contributed by atoms with Gasteiger partial charge in [0.05, 0.1) is 6.10 Å². The molecule has 1 fully saturated rings. The second-order valence-electron chi connectivity index (χ2n) is 5.22. The number of hydrogen-bond donors (Lipinski definition) is 0. The highest BCUT2D eigenvalue weighted by Crippen LogP contribution is 2.36. The van der Waals surface area contributed by atoms with E-state index in [1.54, 1.807) is 0 Å². The van der Waals surface area contributed by atoms with Crippen molar-refractivity contribution in [3.8, 4) is 11.5 Å². The number of hydrogen-bond acceptors (Lipinski definition) is 7. The zero-order chi connectivity index (χ0) is 14.8. The Bertz CT molecular complexity index is 642. The van der Waals surface area contributed by atoms with E-state index in [1.165, 1.54) is 11.8 Å². The van der Waals surface area contributed by atoms with Crippen LogP contribution in [0.3, 0.4) is 0 Å². The summed E-state index contributed by atoms with van der Waals surface area (Å²) in [5.41, 5.74) is 0. The summed E-state index contributed by atoms with van der Waals surface area (Å²) in [5, 5.41) is 8.69. The van der Waals surface area contributed by atoms with Crippen LogP contribution in [0.15, 0.2) is 33.9 Å². The fourth-order valence-electron chi connectivity index (χ4n) is 2.49. The van der Waals surface area contributed by atoms with Gasteiger partial charge in [-0.05, 0) is 25.0 Å². The Morgan fingerprint density at radius 3 is 2.95 bits per heavy atom. The normalized spacial score (nSPS) is 23.6. The maximum Gasteiger partial charge on any atom is 0.276 e. The van der Waals surface area contributed by atoms with Gasteiger partial charge in [-0.3, -0.25) is 0 Å². The average Bonchev–Trinajstić information content (AvgIpc) is 3.24. The lowest BCUT2D eigenvalue weighted by atomic mass is 10.2. The van der Waals surface area contributed by atoms with Crippen molar-refractivity contribution in [3.63, 3.8) is 0 Å². The van der Waals surface area contributed by atoms with Crippen LogP contribution in [0.2, 0.25) is 0 Å². The second-order valence-corrected chi connectivity index (χ2v) is 6.19. The van der Waals surface area contributed by atoms with Crippen molar-refractivity contribution in [2.24, 2.45) is 0 Å². The molecule has 0 unspecified atom stereocenters. The molecule has 0 N–H and O–H groups in total. The summed E-state index contributed by atoms with van der Waals surface area (Å²) in [6.45, 7) is 1.22. The Hall–Kier alpha value is -1.73. The third kappa shape index (κ3) is 2.91. The van der Waals surface area contributed by atoms with E-state index in [2.05, 4.69) is 10.2 Å². The van der Waals surface area contributed by atoms with Gasteiger partial charge in [0.2, 0.25) is 6.10 Å². The highest BCUT2D eigenvalue weighted by Gasteiger charge is 2.27. The first kappa shape index (κ1) is 13.9. The van der Waals surface area contributed by atoms with Crippen LogP contribution in [0.1, 0.15) is 24.8 Å². The van der Waals surface area contributed by atoms with Gasteiger partial charge in [-0.25, -0.2) is 0 Å². The molecule has 6 nitrogen and oxygen atoms in total. The largest absolute Gasteiger partial charge is 0.485 e. The van der Waals surface area contributed by atoms with Crippen molar-refractivity contribution >= 4 is 11.8 Å². The molecule has 0 radical (unpaired) electrons. The van der Waals surface area contributed by atoms with Gasteiger partial charge in [-0.15, -0.1) is 10.2 Å². The lowest BCUT2D eigenvalue weighted by Gasteiger charge is -2.23. The summed E-state index contributed by atoms with van der Waals surface area (Å²) in [6.07, 6.45) is 2.16. The predicted octanol–water partition coefficient (Wildman–Crippen LogP) is 2.85. The fourth-order valence-corrected chi connectivity index (χ4v) is 3.32. The summed E-state index contributed by atoms with van der Waals surface area (Å²) in [4.78, 5) is 0. The monoisotopic (exact) mass is 320 g/mol. The number of ether oxygens (including phenoxy) is 3. The topological polar surface area (TPSA) is 66.6 Å². The molecule has 116 valence electrons. The van der Waals surface area contributed by atoms with Crippen LogP contribution in [0.4, 0.5) is 0 Å². The minimum atomic E-state index is -0.362. The number of para-hydroxylation sites is 2. The van der Waals surface area contributed by atoms with Gasteiger partial charge >= 0.3 is 0 Å². The van der Waals surface area contributed by atoms with Crippen LogP contribution in [-0.4, -0.2) is 35.3 Å². The smallest absolute Gasteiger partial charge is 0.276 e. The van der Waals surface area contributed by atoms with Gasteiger partial charge in [0.1, 0.15) is 6.61 Å². The van der Waals surface area contributed by atoms with Gasteiger partial charge < -0.3 is 18.6 Å². The van der Waals surface area contributed by atoms with Gasteiger partial charge in [0.15, 0.2) is 11.5 Å². The van der Waals surface area contributed by atoms with E-state index in [0.29, 0.717) is 29.6 Å². The standard InChI is InChI=1S/C15H16N2O4S/c1-2-6-12-11(5-1)19-8-13(20-12)14-16-17-15(21-14)22-9-10-4-3-7-18-10/h1-2,5-6,10,13H,3-4,7-9H2/t10-,13-/m0/s1. The molecule has 0 aliphatic carbocycles. The Balaban J connectivity index is 1.39. The van der Waals surface area contributed by atoms with E-state index in [1.807, 2.05) is 24.3 Å². The highest BCUT2D eigenvalue weighted by atomic mass is 32.2. The van der Waals surface area contributed by atoms with E-state index >= 15 is 0 Å². The maximum atomic E-state index is 5.85. The number of aromatic nitrogens is 2. The summed E-state index contributed by atoms with van der Waals surface area (Å²) < 4.78 is 22.8. The molecule has 22 heavy (non-hydrogen) atoms. The van der Waals surface area contributed by atoms with E-state index in [-0.39, 0.29) is 6.10 Å². The molecular weight excluding hydrogens is 304 g/mol. The molecule has 0 amide bonds. The number of thioether (sulfide) groups is 1. The van der Waals surface area contributed by atoms with Gasteiger partial charge in [-0.1, -0.05) is 23.9 Å². The van der Waals surface area contributed by atoms with Crippen molar-refractivity contribution in [2.75, 3.05) is 19.0 Å². The molecule has 2 aliphatic rings. The lowest BCUT2D eigenvalue weighted by Crippen LogP contribution is -2.21. The quantitative estimate of drug-likeness (QED) is 0.802. The first-order valence-electron chi connectivity index (χ1n) is 7.35. The Kier molecular flexibility index (Phi) is 3.90. The molecule has 2 atom stereocenters. The number of fused-ring (bicyclic) bond motifs is 1. The third-order valence-corrected chi connectivity index (χ3v) is 4.57. The zero-order valence-corrected chi connectivity index (χ0v) is 12.8. The molecule has 4 rings (SSSR count). The van der Waals surface area contributed by atoms with E-state index in [9.17, 15) is 0 Å². The summed E-state index contributed by atoms with van der Waals surface area (Å²) in [6, 6.07) is 7.56. The molecule has 0 saturated carbocycles. The maximum absolute atomic E-state index is 5.85. The van der Waals surface area contributed by atoms with Crippen LogP contribution < -0.4 is 9.47 Å². The Morgan fingerprint density at radius 2 is 2.09 bits per heavy atom. The first-order chi connectivity index (χ1) is 10.9. The molecule has 0 bridgehead atoms. The van der Waals surface area contributed by atoms with E-state index < -0.39 is 0 Å². The van der Waals surface area contributed by atoms with Crippen LogP contribution >= 0.6 is 11.8 Å². The SMILES string of the molecule is c1ccc2c(c1)OC[C@@H](c1nnc(SC[C@@H]3CCCO3)o1)O2. The fraction of sp³-hybridized carbons (Fsp3) is 0.467. The molecule has 1 aromatic heterocycles. The minimum absolute atomic E-state index is 0.293. The summed E-state index contributed by atoms with van der Waals surface area (Å²) >= 11 is 1.53. The highest BCUT2D eigenvalue weighted by molar-refractivity contribution is 7.99. The molecule has 7 heteroatoms. The second kappa shape index (κ2) is 6.18. The van der Waals surface area contributed by atoms with Gasteiger partial charge in [-0.2, -0.15) is 0 Å². The molecule has 0 spiro atoms. The van der Waals surface area contributed by atoms with Crippen molar-refractivity contribution in [2.45, 2.75) is 30.3 Å². The van der Waals surface area contributed by atoms with E-state index in [0.717, 1.165) is 31.0 Å². The van der Waals surface area contributed by atoms with Crippen molar-refractivity contribution in [1.82, 2.24) is 10.2 Å². The van der Waals surface area contributed by atoms with Crippen molar-refractivity contribution < 1.29 is 18.6 Å². The first-order valence-corrected chi connectivity index (χ1v) is 8.33. The van der Waals surface area contributed by atoms with Crippen LogP contribution in [0, 0.1) is 0 Å². The van der Waals surface area contributed by atoms with Crippen LogP contribution in [0.25, 0.3) is 0 Å². The molecule has 2 aromatic rings. The average molecular weight is 320 g/mol. The van der Waals surface area contributed by atoms with Crippen molar-refractivity contribution in [1.29, 1.82) is 0 Å². The molecule has 1 aromatic carbocycles. The van der Waals surface area contributed by atoms with Crippen molar-refractivity contribution in [3.05, 3.63) is 30.2 Å². The zero-order valence-electron chi connectivity index (χ0n) is 11.9.